The normalized spacial score (nSPS) is 11.6. The quantitative estimate of drug-likeness (QED) is 0.313. The SMILES string of the molecule is CCCCNC(=O)N(CCOCc1ccc(F)cc1)CCOc1ccc(CC(OCC)C(=O)O)cc1. The van der Waals surface area contributed by atoms with Crippen molar-refractivity contribution in [2.24, 2.45) is 0 Å². The van der Waals surface area contributed by atoms with Gasteiger partial charge in [-0.2, -0.15) is 0 Å². The zero-order chi connectivity index (χ0) is 26.2. The highest BCUT2D eigenvalue weighted by Crippen LogP contribution is 2.15. The molecule has 0 radical (unpaired) electrons. The first-order chi connectivity index (χ1) is 17.4. The number of carboxylic acids is 1. The topological polar surface area (TPSA) is 97.3 Å². The molecule has 0 aliphatic rings. The number of nitrogens with one attached hydrogen (secondary N) is 1. The van der Waals surface area contributed by atoms with Crippen molar-refractivity contribution in [3.8, 4) is 5.75 Å². The lowest BCUT2D eigenvalue weighted by Crippen LogP contribution is -2.44. The molecule has 0 aromatic heterocycles. The lowest BCUT2D eigenvalue weighted by atomic mass is 10.1. The van der Waals surface area contributed by atoms with Gasteiger partial charge < -0.3 is 29.5 Å². The van der Waals surface area contributed by atoms with E-state index >= 15 is 0 Å². The number of amides is 2. The lowest BCUT2D eigenvalue weighted by molar-refractivity contribution is -0.149. The molecule has 2 N–H and O–H groups in total. The minimum absolute atomic E-state index is 0.177. The lowest BCUT2D eigenvalue weighted by Gasteiger charge is -2.23. The Bertz CT molecular complexity index is 907. The van der Waals surface area contributed by atoms with Gasteiger partial charge in [0.25, 0.3) is 0 Å². The van der Waals surface area contributed by atoms with Crippen LogP contribution in [0.3, 0.4) is 0 Å². The second-order valence-corrected chi connectivity index (χ2v) is 8.23. The maximum absolute atomic E-state index is 13.0. The Morgan fingerprint density at radius 3 is 2.31 bits per heavy atom. The first-order valence-electron chi connectivity index (χ1n) is 12.3. The highest BCUT2D eigenvalue weighted by Gasteiger charge is 2.18. The molecule has 36 heavy (non-hydrogen) atoms. The van der Waals surface area contributed by atoms with E-state index in [1.54, 1.807) is 36.1 Å². The first kappa shape index (κ1) is 29.1. The third-order valence-electron chi connectivity index (χ3n) is 5.40. The van der Waals surface area contributed by atoms with Gasteiger partial charge in [-0.3, -0.25) is 0 Å². The first-order valence-corrected chi connectivity index (χ1v) is 12.3. The number of rotatable bonds is 17. The summed E-state index contributed by atoms with van der Waals surface area (Å²) in [6.45, 7) is 6.46. The van der Waals surface area contributed by atoms with Crippen LogP contribution < -0.4 is 10.1 Å². The van der Waals surface area contributed by atoms with E-state index in [4.69, 9.17) is 14.2 Å². The van der Waals surface area contributed by atoms with Gasteiger partial charge in [0.15, 0.2) is 6.10 Å². The van der Waals surface area contributed by atoms with Crippen molar-refractivity contribution in [2.75, 3.05) is 39.5 Å². The number of urea groups is 1. The van der Waals surface area contributed by atoms with Gasteiger partial charge in [0.2, 0.25) is 0 Å². The zero-order valence-electron chi connectivity index (χ0n) is 21.1. The van der Waals surface area contributed by atoms with E-state index in [0.717, 1.165) is 24.0 Å². The summed E-state index contributed by atoms with van der Waals surface area (Å²) in [6, 6.07) is 13.1. The molecular weight excluding hydrogens is 467 g/mol. The van der Waals surface area contributed by atoms with Crippen molar-refractivity contribution < 1.29 is 33.3 Å². The number of nitrogens with zero attached hydrogens (tertiary/aromatic N) is 1. The number of halogens is 1. The molecule has 0 aliphatic carbocycles. The number of ether oxygens (including phenoxy) is 3. The minimum Gasteiger partial charge on any atom is -0.492 e. The van der Waals surface area contributed by atoms with Gasteiger partial charge in [-0.05, 0) is 48.7 Å². The molecule has 9 heteroatoms. The monoisotopic (exact) mass is 504 g/mol. The molecule has 0 saturated carbocycles. The second-order valence-electron chi connectivity index (χ2n) is 8.23. The van der Waals surface area contributed by atoms with Gasteiger partial charge in [0.1, 0.15) is 18.2 Å². The molecule has 0 fully saturated rings. The van der Waals surface area contributed by atoms with Crippen molar-refractivity contribution in [3.05, 3.63) is 65.5 Å². The maximum atomic E-state index is 13.0. The Kier molecular flexibility index (Phi) is 13.3. The van der Waals surface area contributed by atoms with Crippen LogP contribution in [0, 0.1) is 5.82 Å². The number of aliphatic carboxylic acids is 1. The summed E-state index contributed by atoms with van der Waals surface area (Å²) in [6.07, 6.45) is 1.27. The van der Waals surface area contributed by atoms with Gasteiger partial charge in [-0.15, -0.1) is 0 Å². The molecule has 2 amide bonds. The standard InChI is InChI=1S/C27H37FN2O6/c1-3-5-14-29-27(33)30(15-17-34-20-22-6-10-23(28)11-7-22)16-18-36-24-12-8-21(9-13-24)19-25(26(31)32)35-4-2/h6-13,25H,3-5,14-20H2,1-2H3,(H,29,33)(H,31,32). The molecule has 1 atom stereocenters. The van der Waals surface area contributed by atoms with Gasteiger partial charge >= 0.3 is 12.0 Å². The van der Waals surface area contributed by atoms with Crippen LogP contribution >= 0.6 is 0 Å². The average Bonchev–Trinajstić information content (AvgIpc) is 2.87. The van der Waals surface area contributed by atoms with Crippen LogP contribution in [-0.2, 0) is 27.3 Å². The van der Waals surface area contributed by atoms with Gasteiger partial charge in [0.05, 0.1) is 19.8 Å². The molecule has 1 unspecified atom stereocenters. The van der Waals surface area contributed by atoms with Gasteiger partial charge in [-0.1, -0.05) is 37.6 Å². The van der Waals surface area contributed by atoms with Crippen molar-refractivity contribution in [2.45, 2.75) is 45.8 Å². The summed E-state index contributed by atoms with van der Waals surface area (Å²) in [5.41, 5.74) is 1.69. The predicted octanol–water partition coefficient (Wildman–Crippen LogP) is 4.27. The summed E-state index contributed by atoms with van der Waals surface area (Å²) in [5.74, 6) is -0.657. The molecule has 8 nitrogen and oxygen atoms in total. The number of hydrogen-bond donors (Lipinski definition) is 2. The van der Waals surface area contributed by atoms with Crippen molar-refractivity contribution in [1.82, 2.24) is 10.2 Å². The Balaban J connectivity index is 1.83. The Morgan fingerprint density at radius 2 is 1.67 bits per heavy atom. The molecule has 2 aromatic rings. The van der Waals surface area contributed by atoms with Crippen LogP contribution in [0.25, 0.3) is 0 Å². The van der Waals surface area contributed by atoms with E-state index in [-0.39, 0.29) is 24.9 Å². The number of carbonyl (C=O) groups excluding carboxylic acids is 1. The molecule has 0 saturated heterocycles. The smallest absolute Gasteiger partial charge is 0.333 e. The third kappa shape index (κ3) is 11.0. The van der Waals surface area contributed by atoms with Crippen LogP contribution in [0.2, 0.25) is 0 Å². The van der Waals surface area contributed by atoms with E-state index < -0.39 is 12.1 Å². The summed E-state index contributed by atoms with van der Waals surface area (Å²) >= 11 is 0. The van der Waals surface area contributed by atoms with E-state index in [9.17, 15) is 19.1 Å². The highest BCUT2D eigenvalue weighted by molar-refractivity contribution is 5.74. The molecule has 198 valence electrons. The van der Waals surface area contributed by atoms with Crippen LogP contribution in [0.5, 0.6) is 5.75 Å². The Morgan fingerprint density at radius 1 is 1.00 bits per heavy atom. The average molecular weight is 505 g/mol. The van der Waals surface area contributed by atoms with Crippen LogP contribution in [0.4, 0.5) is 9.18 Å². The molecule has 0 aliphatic heterocycles. The van der Waals surface area contributed by atoms with E-state index in [0.29, 0.717) is 45.2 Å². The van der Waals surface area contributed by atoms with Crippen molar-refractivity contribution in [1.29, 1.82) is 0 Å². The van der Waals surface area contributed by atoms with Crippen molar-refractivity contribution in [3.63, 3.8) is 0 Å². The fourth-order valence-electron chi connectivity index (χ4n) is 3.37. The second kappa shape index (κ2) is 16.5. The van der Waals surface area contributed by atoms with E-state index in [2.05, 4.69) is 12.2 Å². The summed E-state index contributed by atoms with van der Waals surface area (Å²) in [4.78, 5) is 25.5. The fourth-order valence-corrected chi connectivity index (χ4v) is 3.37. The number of hydrogen-bond acceptors (Lipinski definition) is 5. The number of benzene rings is 2. The zero-order valence-corrected chi connectivity index (χ0v) is 21.1. The Hall–Kier alpha value is -3.17. The minimum atomic E-state index is -0.990. The largest absolute Gasteiger partial charge is 0.492 e. The molecule has 2 aromatic carbocycles. The summed E-state index contributed by atoms with van der Waals surface area (Å²) in [5, 5.41) is 12.2. The van der Waals surface area contributed by atoms with Crippen molar-refractivity contribution >= 4 is 12.0 Å². The molecular formula is C27H37FN2O6. The maximum Gasteiger partial charge on any atom is 0.333 e. The number of carbonyl (C=O) groups is 2. The fraction of sp³-hybridized carbons (Fsp3) is 0.481. The van der Waals surface area contributed by atoms with E-state index in [1.807, 2.05) is 12.1 Å². The predicted molar refractivity (Wildman–Crippen MR) is 135 cm³/mol. The third-order valence-corrected chi connectivity index (χ3v) is 5.40. The molecule has 0 heterocycles. The van der Waals surface area contributed by atoms with E-state index in [1.165, 1.54) is 12.1 Å². The number of unbranched alkanes of at least 4 members (excludes halogenated alkanes) is 1. The van der Waals surface area contributed by atoms with Crippen LogP contribution in [-0.4, -0.2) is 67.6 Å². The van der Waals surface area contributed by atoms with Gasteiger partial charge in [-0.25, -0.2) is 14.0 Å². The number of carboxylic acid groups (broad SMARTS) is 1. The molecule has 0 bridgehead atoms. The highest BCUT2D eigenvalue weighted by atomic mass is 19.1. The Labute approximate surface area is 212 Å². The molecule has 0 spiro atoms. The van der Waals surface area contributed by atoms with Crippen LogP contribution in [0.15, 0.2) is 48.5 Å². The van der Waals surface area contributed by atoms with Gasteiger partial charge in [0, 0.05) is 26.1 Å². The summed E-state index contributed by atoms with van der Waals surface area (Å²) < 4.78 is 29.8. The summed E-state index contributed by atoms with van der Waals surface area (Å²) in [7, 11) is 0. The van der Waals surface area contributed by atoms with Crippen LogP contribution in [0.1, 0.15) is 37.8 Å². The molecule has 2 rings (SSSR count).